The lowest BCUT2D eigenvalue weighted by molar-refractivity contribution is 0.915. The van der Waals surface area contributed by atoms with Crippen molar-refractivity contribution in [3.63, 3.8) is 0 Å². The summed E-state index contributed by atoms with van der Waals surface area (Å²) >= 11 is 3.38. The molecule has 2 aromatic heterocycles. The Morgan fingerprint density at radius 1 is 1.25 bits per heavy atom. The molecule has 0 amide bonds. The zero-order valence-corrected chi connectivity index (χ0v) is 15.1. The molecule has 1 aliphatic rings. The van der Waals surface area contributed by atoms with Gasteiger partial charge in [-0.2, -0.15) is 5.26 Å². The summed E-state index contributed by atoms with van der Waals surface area (Å²) in [4.78, 5) is 11.5. The summed E-state index contributed by atoms with van der Waals surface area (Å²) in [6.07, 6.45) is 5.87. The Morgan fingerprint density at radius 3 is 2.88 bits per heavy atom. The largest absolute Gasteiger partial charge is 0.229 e. The van der Waals surface area contributed by atoms with Crippen LogP contribution < -0.4 is 0 Å². The van der Waals surface area contributed by atoms with Crippen molar-refractivity contribution in [2.45, 2.75) is 42.9 Å². The van der Waals surface area contributed by atoms with E-state index in [1.807, 2.05) is 0 Å². The van der Waals surface area contributed by atoms with Crippen LogP contribution in [-0.2, 0) is 19.3 Å². The van der Waals surface area contributed by atoms with Gasteiger partial charge in [-0.3, -0.25) is 0 Å². The van der Waals surface area contributed by atoms with E-state index in [2.05, 4.69) is 47.2 Å². The van der Waals surface area contributed by atoms with Crippen molar-refractivity contribution < 1.29 is 0 Å². The first-order chi connectivity index (χ1) is 11.7. The molecule has 0 fully saturated rings. The number of aromatic nitrogens is 2. The molecule has 1 aliphatic carbocycles. The van der Waals surface area contributed by atoms with E-state index in [-0.39, 0.29) is 5.25 Å². The van der Waals surface area contributed by atoms with Gasteiger partial charge in [0, 0.05) is 10.3 Å². The lowest BCUT2D eigenvalue weighted by atomic mass is 10.1. The van der Waals surface area contributed by atoms with Crippen LogP contribution in [0.1, 0.15) is 28.0 Å². The molecule has 0 aliphatic heterocycles. The van der Waals surface area contributed by atoms with E-state index in [4.69, 9.17) is 0 Å². The number of aryl methyl sites for hydroxylation is 3. The van der Waals surface area contributed by atoms with Gasteiger partial charge in [-0.05, 0) is 43.7 Å². The van der Waals surface area contributed by atoms with Crippen LogP contribution in [0.2, 0.25) is 0 Å². The molecule has 1 aromatic carbocycles. The van der Waals surface area contributed by atoms with Crippen molar-refractivity contribution in [3.05, 3.63) is 52.2 Å². The van der Waals surface area contributed by atoms with Gasteiger partial charge in [-0.15, -0.1) is 11.3 Å². The Kier molecular flexibility index (Phi) is 4.26. The number of fused-ring (bicyclic) bond motifs is 3. The molecule has 0 unspecified atom stereocenters. The number of nitriles is 1. The standard InChI is InChI=1S/C19H17N3S2/c1-12-5-7-13(8-6-12)9-14(10-20)23-18-17-15-3-2-4-16(15)24-19(17)22-11-21-18/h5-8,11,14H,2-4,9H2,1H3/t14-/m1/s1. The van der Waals surface area contributed by atoms with Crippen LogP contribution in [0.5, 0.6) is 0 Å². The first-order valence-electron chi connectivity index (χ1n) is 8.11. The van der Waals surface area contributed by atoms with Gasteiger partial charge in [0.05, 0.1) is 6.07 Å². The number of rotatable bonds is 4. The highest BCUT2D eigenvalue weighted by Crippen LogP contribution is 2.41. The van der Waals surface area contributed by atoms with Crippen LogP contribution in [0.3, 0.4) is 0 Å². The van der Waals surface area contributed by atoms with Crippen molar-refractivity contribution in [1.82, 2.24) is 9.97 Å². The molecule has 24 heavy (non-hydrogen) atoms. The minimum absolute atomic E-state index is 0.136. The summed E-state index contributed by atoms with van der Waals surface area (Å²) in [6.45, 7) is 2.08. The zero-order chi connectivity index (χ0) is 16.5. The molecule has 0 radical (unpaired) electrons. The fraction of sp³-hybridized carbons (Fsp3) is 0.316. The first-order valence-corrected chi connectivity index (χ1v) is 9.81. The zero-order valence-electron chi connectivity index (χ0n) is 13.5. The Balaban J connectivity index is 1.63. The summed E-state index contributed by atoms with van der Waals surface area (Å²) in [6, 6.07) is 10.9. The molecule has 0 bridgehead atoms. The predicted octanol–water partition coefficient (Wildman–Crippen LogP) is 4.72. The maximum atomic E-state index is 9.61. The molecule has 0 N–H and O–H groups in total. The molecule has 2 heterocycles. The Labute approximate surface area is 149 Å². The summed E-state index contributed by atoms with van der Waals surface area (Å²) in [5.74, 6) is 0. The van der Waals surface area contributed by atoms with Crippen LogP contribution >= 0.6 is 23.1 Å². The minimum Gasteiger partial charge on any atom is -0.229 e. The monoisotopic (exact) mass is 351 g/mol. The molecule has 0 saturated carbocycles. The maximum absolute atomic E-state index is 9.61. The van der Waals surface area contributed by atoms with Crippen LogP contribution in [-0.4, -0.2) is 15.2 Å². The van der Waals surface area contributed by atoms with E-state index in [0.29, 0.717) is 0 Å². The molecule has 1 atom stereocenters. The molecule has 3 aromatic rings. The average Bonchev–Trinajstić information content (AvgIpc) is 3.17. The van der Waals surface area contributed by atoms with Crippen LogP contribution in [0.4, 0.5) is 0 Å². The van der Waals surface area contributed by atoms with Gasteiger partial charge in [-0.25, -0.2) is 9.97 Å². The quantitative estimate of drug-likeness (QED) is 0.504. The summed E-state index contributed by atoms with van der Waals surface area (Å²) < 4.78 is 0. The highest BCUT2D eigenvalue weighted by Gasteiger charge is 2.23. The topological polar surface area (TPSA) is 49.6 Å². The predicted molar refractivity (Wildman–Crippen MR) is 99.6 cm³/mol. The third-order valence-corrected chi connectivity index (χ3v) is 6.70. The second kappa shape index (κ2) is 6.54. The molecule has 0 spiro atoms. The molecule has 5 heteroatoms. The van der Waals surface area contributed by atoms with E-state index in [9.17, 15) is 5.26 Å². The van der Waals surface area contributed by atoms with E-state index >= 15 is 0 Å². The number of thiophene rings is 1. The van der Waals surface area contributed by atoms with Gasteiger partial charge in [0.1, 0.15) is 21.4 Å². The van der Waals surface area contributed by atoms with Crippen molar-refractivity contribution in [1.29, 1.82) is 5.26 Å². The van der Waals surface area contributed by atoms with E-state index in [1.54, 1.807) is 29.4 Å². The van der Waals surface area contributed by atoms with Gasteiger partial charge in [0.25, 0.3) is 0 Å². The van der Waals surface area contributed by atoms with Crippen molar-refractivity contribution in [2.75, 3.05) is 0 Å². The first kappa shape index (κ1) is 15.6. The van der Waals surface area contributed by atoms with Crippen LogP contribution in [0.25, 0.3) is 10.2 Å². The molecule has 4 rings (SSSR count). The number of hydrogen-bond acceptors (Lipinski definition) is 5. The lowest BCUT2D eigenvalue weighted by Crippen LogP contribution is -2.05. The SMILES string of the molecule is Cc1ccc(C[C@H](C#N)Sc2ncnc3sc4c(c23)CCC4)cc1. The smallest absolute Gasteiger partial charge is 0.128 e. The number of nitrogens with zero attached hydrogens (tertiary/aromatic N) is 3. The van der Waals surface area contributed by atoms with Crippen LogP contribution in [0.15, 0.2) is 35.6 Å². The van der Waals surface area contributed by atoms with E-state index in [1.165, 1.54) is 33.4 Å². The maximum Gasteiger partial charge on any atom is 0.128 e. The Hall–Kier alpha value is -1.90. The van der Waals surface area contributed by atoms with Gasteiger partial charge in [0.2, 0.25) is 0 Å². The molecule has 3 nitrogen and oxygen atoms in total. The fourth-order valence-electron chi connectivity index (χ4n) is 3.18. The molecule has 0 saturated heterocycles. The summed E-state index contributed by atoms with van der Waals surface area (Å²) in [5, 5.41) is 11.6. The third kappa shape index (κ3) is 2.92. The van der Waals surface area contributed by atoms with Gasteiger partial charge in [0.15, 0.2) is 0 Å². The van der Waals surface area contributed by atoms with E-state index < -0.39 is 0 Å². The highest BCUT2D eigenvalue weighted by atomic mass is 32.2. The Morgan fingerprint density at radius 2 is 2.08 bits per heavy atom. The van der Waals surface area contributed by atoms with Crippen molar-refractivity contribution in [3.8, 4) is 6.07 Å². The minimum atomic E-state index is -0.136. The average molecular weight is 352 g/mol. The molecule has 120 valence electrons. The second-order valence-corrected chi connectivity index (χ2v) is 8.42. The Bertz CT molecular complexity index is 922. The summed E-state index contributed by atoms with van der Waals surface area (Å²) in [5.41, 5.74) is 3.86. The molecular formula is C19H17N3S2. The highest BCUT2D eigenvalue weighted by molar-refractivity contribution is 8.00. The van der Waals surface area contributed by atoms with Crippen molar-refractivity contribution >= 4 is 33.3 Å². The number of hydrogen-bond donors (Lipinski definition) is 0. The summed E-state index contributed by atoms with van der Waals surface area (Å²) in [7, 11) is 0. The lowest BCUT2D eigenvalue weighted by Gasteiger charge is -2.10. The van der Waals surface area contributed by atoms with E-state index in [0.717, 1.165) is 29.1 Å². The van der Waals surface area contributed by atoms with Crippen molar-refractivity contribution in [2.24, 2.45) is 0 Å². The number of benzene rings is 1. The van der Waals surface area contributed by atoms with Gasteiger partial charge >= 0.3 is 0 Å². The van der Waals surface area contributed by atoms with Gasteiger partial charge < -0.3 is 0 Å². The molecular weight excluding hydrogens is 334 g/mol. The fourth-order valence-corrected chi connectivity index (χ4v) is 5.51. The second-order valence-electron chi connectivity index (χ2n) is 6.14. The van der Waals surface area contributed by atoms with Gasteiger partial charge in [-0.1, -0.05) is 41.6 Å². The number of thioether (sulfide) groups is 1. The van der Waals surface area contributed by atoms with Crippen LogP contribution in [0, 0.1) is 18.3 Å². The normalized spacial score (nSPS) is 14.5. The third-order valence-electron chi connectivity index (χ3n) is 4.41.